The van der Waals surface area contributed by atoms with Crippen molar-refractivity contribution in [2.24, 2.45) is 0 Å². The molecule has 1 saturated carbocycles. The molecule has 0 aliphatic heterocycles. The number of hydrogen-bond donors (Lipinski definition) is 0. The van der Waals surface area contributed by atoms with Gasteiger partial charge in [-0.2, -0.15) is 0 Å². The first kappa shape index (κ1) is 15.2. The lowest BCUT2D eigenvalue weighted by Crippen LogP contribution is -2.40. The maximum Gasteiger partial charge on any atom is 0.230 e. The van der Waals surface area contributed by atoms with Crippen molar-refractivity contribution in [1.29, 1.82) is 0 Å². The van der Waals surface area contributed by atoms with Crippen molar-refractivity contribution in [2.75, 3.05) is 0 Å². The predicted octanol–water partition coefficient (Wildman–Crippen LogP) is 4.79. The standard InChI is InChI=1S/C23H25NO/c25-23(21-11-5-8-16-6-1-3-9-19(16)21)24(18-13-14-18)22-15-12-17-7-2-4-10-20(17)22/h1-4,6-7,9-10,18,21-22H,5,8,11-15H2. The van der Waals surface area contributed by atoms with Gasteiger partial charge in [0.25, 0.3) is 0 Å². The minimum Gasteiger partial charge on any atom is -0.332 e. The fourth-order valence-corrected chi connectivity index (χ4v) is 4.95. The van der Waals surface area contributed by atoms with Crippen LogP contribution in [0.5, 0.6) is 0 Å². The fourth-order valence-electron chi connectivity index (χ4n) is 4.95. The van der Waals surface area contributed by atoms with E-state index in [1.807, 2.05) is 0 Å². The summed E-state index contributed by atoms with van der Waals surface area (Å²) in [5, 5.41) is 0. The predicted molar refractivity (Wildman–Crippen MR) is 99.5 cm³/mol. The normalized spacial score (nSPS) is 24.5. The van der Waals surface area contributed by atoms with Crippen LogP contribution in [0.2, 0.25) is 0 Å². The van der Waals surface area contributed by atoms with E-state index < -0.39 is 0 Å². The van der Waals surface area contributed by atoms with Gasteiger partial charge in [0.2, 0.25) is 5.91 Å². The molecule has 2 atom stereocenters. The second-order valence-corrected chi connectivity index (χ2v) is 7.87. The molecule has 0 aromatic heterocycles. The molecule has 0 spiro atoms. The number of rotatable bonds is 3. The smallest absolute Gasteiger partial charge is 0.230 e. The lowest BCUT2D eigenvalue weighted by molar-refractivity contribution is -0.136. The second kappa shape index (κ2) is 6.01. The second-order valence-electron chi connectivity index (χ2n) is 7.87. The third-order valence-electron chi connectivity index (χ3n) is 6.30. The highest BCUT2D eigenvalue weighted by atomic mass is 16.2. The van der Waals surface area contributed by atoms with Crippen molar-refractivity contribution in [1.82, 2.24) is 4.90 Å². The van der Waals surface area contributed by atoms with Gasteiger partial charge in [0.05, 0.1) is 12.0 Å². The molecular weight excluding hydrogens is 306 g/mol. The Morgan fingerprint density at radius 1 is 0.800 bits per heavy atom. The lowest BCUT2D eigenvalue weighted by atomic mass is 9.81. The Morgan fingerprint density at radius 2 is 1.48 bits per heavy atom. The number of aryl methyl sites for hydroxylation is 2. The van der Waals surface area contributed by atoms with Gasteiger partial charge in [-0.1, -0.05) is 48.5 Å². The number of fused-ring (bicyclic) bond motifs is 2. The number of carbonyl (C=O) groups is 1. The van der Waals surface area contributed by atoms with Gasteiger partial charge in [0.1, 0.15) is 0 Å². The van der Waals surface area contributed by atoms with Crippen molar-refractivity contribution in [3.05, 3.63) is 70.8 Å². The van der Waals surface area contributed by atoms with Gasteiger partial charge in [-0.25, -0.2) is 0 Å². The topological polar surface area (TPSA) is 20.3 Å². The summed E-state index contributed by atoms with van der Waals surface area (Å²) >= 11 is 0. The Balaban J connectivity index is 1.49. The molecule has 2 nitrogen and oxygen atoms in total. The molecule has 2 unspecified atom stereocenters. The molecule has 0 N–H and O–H groups in total. The highest BCUT2D eigenvalue weighted by Crippen LogP contribution is 2.44. The van der Waals surface area contributed by atoms with E-state index in [0.717, 1.165) is 32.1 Å². The molecule has 1 amide bonds. The first-order chi connectivity index (χ1) is 12.3. The molecule has 128 valence electrons. The largest absolute Gasteiger partial charge is 0.332 e. The van der Waals surface area contributed by atoms with Crippen LogP contribution in [-0.4, -0.2) is 16.8 Å². The van der Waals surface area contributed by atoms with Gasteiger partial charge in [-0.05, 0) is 67.2 Å². The summed E-state index contributed by atoms with van der Waals surface area (Å²) in [6.07, 6.45) is 7.82. The molecule has 3 aliphatic rings. The van der Waals surface area contributed by atoms with Gasteiger partial charge in [0, 0.05) is 6.04 Å². The van der Waals surface area contributed by atoms with E-state index in [9.17, 15) is 4.79 Å². The van der Waals surface area contributed by atoms with Gasteiger partial charge in [0.15, 0.2) is 0 Å². The van der Waals surface area contributed by atoms with Crippen LogP contribution in [0, 0.1) is 0 Å². The van der Waals surface area contributed by atoms with E-state index >= 15 is 0 Å². The molecule has 2 aromatic carbocycles. The summed E-state index contributed by atoms with van der Waals surface area (Å²) in [5.41, 5.74) is 5.51. The fraction of sp³-hybridized carbons (Fsp3) is 0.435. The van der Waals surface area contributed by atoms with Crippen LogP contribution < -0.4 is 0 Å². The molecule has 2 heteroatoms. The van der Waals surface area contributed by atoms with Crippen molar-refractivity contribution < 1.29 is 4.79 Å². The van der Waals surface area contributed by atoms with Crippen molar-refractivity contribution >= 4 is 5.91 Å². The summed E-state index contributed by atoms with van der Waals surface area (Å²) in [6, 6.07) is 18.1. The minimum absolute atomic E-state index is 0.0679. The van der Waals surface area contributed by atoms with Crippen molar-refractivity contribution in [3.63, 3.8) is 0 Å². The molecule has 5 rings (SSSR count). The zero-order valence-electron chi connectivity index (χ0n) is 14.7. The molecule has 25 heavy (non-hydrogen) atoms. The SMILES string of the molecule is O=C(C1CCCc2ccccc21)N(C1CC1)C1CCc2ccccc21. The summed E-state index contributed by atoms with van der Waals surface area (Å²) in [6.45, 7) is 0. The van der Waals surface area contributed by atoms with Crippen LogP contribution in [0.4, 0.5) is 0 Å². The Labute approximate surface area is 149 Å². The summed E-state index contributed by atoms with van der Waals surface area (Å²) in [4.78, 5) is 16.0. The zero-order chi connectivity index (χ0) is 16.8. The van der Waals surface area contributed by atoms with E-state index in [4.69, 9.17) is 0 Å². The average Bonchev–Trinajstić information content (AvgIpc) is 3.41. The number of carbonyl (C=O) groups excluding carboxylic acids is 1. The van der Waals surface area contributed by atoms with E-state index in [-0.39, 0.29) is 5.92 Å². The first-order valence-corrected chi connectivity index (χ1v) is 9.80. The molecule has 2 aromatic rings. The monoisotopic (exact) mass is 331 g/mol. The van der Waals surface area contributed by atoms with E-state index in [1.54, 1.807) is 0 Å². The average molecular weight is 331 g/mol. The van der Waals surface area contributed by atoms with E-state index in [2.05, 4.69) is 53.4 Å². The molecule has 0 heterocycles. The van der Waals surface area contributed by atoms with Crippen LogP contribution in [0.25, 0.3) is 0 Å². The molecular formula is C23H25NO. The Hall–Kier alpha value is -2.09. The maximum absolute atomic E-state index is 13.7. The number of nitrogens with zero attached hydrogens (tertiary/aromatic N) is 1. The molecule has 1 fully saturated rings. The number of benzene rings is 2. The van der Waals surface area contributed by atoms with Crippen molar-refractivity contribution in [3.8, 4) is 0 Å². The molecule has 3 aliphatic carbocycles. The maximum atomic E-state index is 13.7. The molecule has 0 radical (unpaired) electrons. The number of hydrogen-bond acceptors (Lipinski definition) is 1. The van der Waals surface area contributed by atoms with Gasteiger partial charge in [-0.15, -0.1) is 0 Å². The van der Waals surface area contributed by atoms with Crippen molar-refractivity contribution in [2.45, 2.75) is 62.9 Å². The Bertz CT molecular complexity index is 807. The highest BCUT2D eigenvalue weighted by Gasteiger charge is 2.43. The lowest BCUT2D eigenvalue weighted by Gasteiger charge is -2.35. The number of amides is 1. The third kappa shape index (κ3) is 2.59. The molecule has 0 saturated heterocycles. The zero-order valence-corrected chi connectivity index (χ0v) is 14.7. The molecule has 0 bridgehead atoms. The van der Waals surface area contributed by atoms with Crippen LogP contribution in [0.15, 0.2) is 48.5 Å². The highest BCUT2D eigenvalue weighted by molar-refractivity contribution is 5.85. The van der Waals surface area contributed by atoms with E-state index in [1.165, 1.54) is 35.1 Å². The first-order valence-electron chi connectivity index (χ1n) is 9.80. The van der Waals surface area contributed by atoms with Crippen LogP contribution >= 0.6 is 0 Å². The van der Waals surface area contributed by atoms with Gasteiger partial charge >= 0.3 is 0 Å². The quantitative estimate of drug-likeness (QED) is 0.792. The van der Waals surface area contributed by atoms with Crippen LogP contribution in [0.1, 0.15) is 66.3 Å². The Kier molecular flexibility index (Phi) is 3.65. The minimum atomic E-state index is 0.0679. The van der Waals surface area contributed by atoms with Gasteiger partial charge in [-0.3, -0.25) is 4.79 Å². The summed E-state index contributed by atoms with van der Waals surface area (Å²) in [5.74, 6) is 0.453. The summed E-state index contributed by atoms with van der Waals surface area (Å²) < 4.78 is 0. The van der Waals surface area contributed by atoms with Crippen LogP contribution in [0.3, 0.4) is 0 Å². The summed E-state index contributed by atoms with van der Waals surface area (Å²) in [7, 11) is 0. The Morgan fingerprint density at radius 3 is 2.24 bits per heavy atom. The van der Waals surface area contributed by atoms with E-state index in [0.29, 0.717) is 18.0 Å². The van der Waals surface area contributed by atoms with Crippen LogP contribution in [-0.2, 0) is 17.6 Å². The third-order valence-corrected chi connectivity index (χ3v) is 6.30. The van der Waals surface area contributed by atoms with Gasteiger partial charge < -0.3 is 4.90 Å².